The van der Waals surface area contributed by atoms with Gasteiger partial charge in [0, 0.05) is 25.8 Å². The molecule has 0 bridgehead atoms. The summed E-state index contributed by atoms with van der Waals surface area (Å²) in [5.41, 5.74) is 1.81. The van der Waals surface area contributed by atoms with Crippen LogP contribution in [0.3, 0.4) is 0 Å². The molecule has 0 spiro atoms. The summed E-state index contributed by atoms with van der Waals surface area (Å²) >= 11 is 0. The molecular formula is C14H22N2O3. The molecule has 0 saturated carbocycles. The van der Waals surface area contributed by atoms with Crippen molar-refractivity contribution < 1.29 is 14.6 Å². The first-order valence-electron chi connectivity index (χ1n) is 6.30. The molecule has 1 amide bonds. The Bertz CT molecular complexity index is 409. The molecule has 106 valence electrons. The fourth-order valence-electron chi connectivity index (χ4n) is 1.89. The van der Waals surface area contributed by atoms with Crippen LogP contribution in [0.2, 0.25) is 0 Å². The molecule has 0 radical (unpaired) electrons. The summed E-state index contributed by atoms with van der Waals surface area (Å²) in [5.74, 6) is -0.0922. The van der Waals surface area contributed by atoms with E-state index in [0.29, 0.717) is 6.61 Å². The molecule has 5 heteroatoms. The van der Waals surface area contributed by atoms with E-state index in [1.807, 2.05) is 31.2 Å². The largest absolute Gasteiger partial charge is 0.395 e. The lowest BCUT2D eigenvalue weighted by Gasteiger charge is -2.21. The summed E-state index contributed by atoms with van der Waals surface area (Å²) in [4.78, 5) is 11.0. The lowest BCUT2D eigenvalue weighted by molar-refractivity contribution is -0.114. The first-order chi connectivity index (χ1) is 9.06. The van der Waals surface area contributed by atoms with Crippen LogP contribution in [0, 0.1) is 0 Å². The Morgan fingerprint density at radius 1 is 1.47 bits per heavy atom. The molecular weight excluding hydrogens is 244 g/mol. The SMILES string of the molecule is COCC(CO)NC(C)c1cccc(NC(C)=O)c1. The minimum absolute atomic E-state index is 0.0174. The number of anilines is 1. The van der Waals surface area contributed by atoms with Gasteiger partial charge in [-0.1, -0.05) is 12.1 Å². The number of aliphatic hydroxyl groups excluding tert-OH is 1. The highest BCUT2D eigenvalue weighted by molar-refractivity contribution is 5.88. The van der Waals surface area contributed by atoms with E-state index < -0.39 is 0 Å². The average molecular weight is 266 g/mol. The monoisotopic (exact) mass is 266 g/mol. The van der Waals surface area contributed by atoms with Gasteiger partial charge in [-0.15, -0.1) is 0 Å². The third-order valence-electron chi connectivity index (χ3n) is 2.78. The number of nitrogens with one attached hydrogen (secondary N) is 2. The van der Waals surface area contributed by atoms with Crippen molar-refractivity contribution in [2.45, 2.75) is 25.9 Å². The van der Waals surface area contributed by atoms with Crippen molar-refractivity contribution in [2.24, 2.45) is 0 Å². The number of hydrogen-bond donors (Lipinski definition) is 3. The quantitative estimate of drug-likeness (QED) is 0.696. The zero-order valence-electron chi connectivity index (χ0n) is 11.6. The molecule has 1 rings (SSSR count). The summed E-state index contributed by atoms with van der Waals surface area (Å²) in [6.45, 7) is 3.95. The summed E-state index contributed by atoms with van der Waals surface area (Å²) in [6.07, 6.45) is 0. The van der Waals surface area contributed by atoms with Gasteiger partial charge in [-0.2, -0.15) is 0 Å². The topological polar surface area (TPSA) is 70.6 Å². The van der Waals surface area contributed by atoms with Crippen LogP contribution >= 0.6 is 0 Å². The molecule has 0 saturated heterocycles. The van der Waals surface area contributed by atoms with Gasteiger partial charge >= 0.3 is 0 Å². The normalized spacial score (nSPS) is 13.9. The molecule has 0 aliphatic rings. The molecule has 0 aliphatic heterocycles. The molecule has 19 heavy (non-hydrogen) atoms. The average Bonchev–Trinajstić information content (AvgIpc) is 2.37. The van der Waals surface area contributed by atoms with Crippen molar-refractivity contribution >= 4 is 11.6 Å². The summed E-state index contributed by atoms with van der Waals surface area (Å²) < 4.78 is 5.03. The number of carbonyl (C=O) groups is 1. The maximum Gasteiger partial charge on any atom is 0.221 e. The van der Waals surface area contributed by atoms with Crippen LogP contribution in [0.15, 0.2) is 24.3 Å². The zero-order chi connectivity index (χ0) is 14.3. The highest BCUT2D eigenvalue weighted by Crippen LogP contribution is 2.17. The number of amides is 1. The van der Waals surface area contributed by atoms with Crippen molar-refractivity contribution in [3.05, 3.63) is 29.8 Å². The zero-order valence-corrected chi connectivity index (χ0v) is 11.6. The van der Waals surface area contributed by atoms with Gasteiger partial charge in [0.25, 0.3) is 0 Å². The maximum absolute atomic E-state index is 11.0. The maximum atomic E-state index is 11.0. The van der Waals surface area contributed by atoms with Crippen molar-refractivity contribution in [3.63, 3.8) is 0 Å². The van der Waals surface area contributed by atoms with E-state index in [2.05, 4.69) is 10.6 Å². The Kier molecular flexibility index (Phi) is 6.49. The Hall–Kier alpha value is -1.43. The Morgan fingerprint density at radius 3 is 2.79 bits per heavy atom. The second kappa shape index (κ2) is 7.89. The van der Waals surface area contributed by atoms with Crippen LogP contribution in [0.4, 0.5) is 5.69 Å². The molecule has 1 aromatic rings. The minimum Gasteiger partial charge on any atom is -0.395 e. The third-order valence-corrected chi connectivity index (χ3v) is 2.78. The van der Waals surface area contributed by atoms with E-state index in [1.54, 1.807) is 7.11 Å². The highest BCUT2D eigenvalue weighted by Gasteiger charge is 2.12. The van der Waals surface area contributed by atoms with Gasteiger partial charge in [0.2, 0.25) is 5.91 Å². The van der Waals surface area contributed by atoms with E-state index in [9.17, 15) is 9.90 Å². The van der Waals surface area contributed by atoms with Crippen LogP contribution in [-0.2, 0) is 9.53 Å². The van der Waals surface area contributed by atoms with E-state index in [1.165, 1.54) is 6.92 Å². The predicted octanol–water partition coefficient (Wildman–Crippen LogP) is 1.30. The summed E-state index contributed by atoms with van der Waals surface area (Å²) in [7, 11) is 1.60. The predicted molar refractivity (Wildman–Crippen MR) is 75.0 cm³/mol. The van der Waals surface area contributed by atoms with Gasteiger partial charge in [-0.05, 0) is 24.6 Å². The number of benzene rings is 1. The first-order valence-corrected chi connectivity index (χ1v) is 6.30. The Balaban J connectivity index is 2.70. The number of ether oxygens (including phenoxy) is 1. The molecule has 0 aromatic heterocycles. The summed E-state index contributed by atoms with van der Waals surface area (Å²) in [6, 6.07) is 7.58. The van der Waals surface area contributed by atoms with Crippen LogP contribution < -0.4 is 10.6 Å². The second-order valence-corrected chi connectivity index (χ2v) is 4.53. The molecule has 5 nitrogen and oxygen atoms in total. The van der Waals surface area contributed by atoms with Crippen molar-refractivity contribution in [3.8, 4) is 0 Å². The van der Waals surface area contributed by atoms with Gasteiger partial charge in [0.15, 0.2) is 0 Å². The van der Waals surface area contributed by atoms with Crippen molar-refractivity contribution in [1.82, 2.24) is 5.32 Å². The number of carbonyl (C=O) groups excluding carboxylic acids is 1. The molecule has 1 aromatic carbocycles. The number of rotatable bonds is 7. The van der Waals surface area contributed by atoms with Crippen molar-refractivity contribution in [2.75, 3.05) is 25.6 Å². The molecule has 3 N–H and O–H groups in total. The van der Waals surface area contributed by atoms with Gasteiger partial charge in [-0.3, -0.25) is 4.79 Å². The van der Waals surface area contributed by atoms with Gasteiger partial charge in [0.1, 0.15) is 0 Å². The lowest BCUT2D eigenvalue weighted by Crippen LogP contribution is -2.38. The van der Waals surface area contributed by atoms with E-state index in [-0.39, 0.29) is 24.6 Å². The van der Waals surface area contributed by atoms with Crippen LogP contribution in [0.1, 0.15) is 25.5 Å². The standard InChI is InChI=1S/C14H22N2O3/c1-10(15-14(8-17)9-19-3)12-5-4-6-13(7-12)16-11(2)18/h4-7,10,14-15,17H,8-9H2,1-3H3,(H,16,18). The van der Waals surface area contributed by atoms with Crippen LogP contribution in [0.5, 0.6) is 0 Å². The van der Waals surface area contributed by atoms with E-state index >= 15 is 0 Å². The first kappa shape index (κ1) is 15.6. The third kappa shape index (κ3) is 5.38. The smallest absolute Gasteiger partial charge is 0.221 e. The van der Waals surface area contributed by atoms with Crippen molar-refractivity contribution in [1.29, 1.82) is 0 Å². The Morgan fingerprint density at radius 2 is 2.21 bits per heavy atom. The lowest BCUT2D eigenvalue weighted by atomic mass is 10.1. The van der Waals surface area contributed by atoms with E-state index in [0.717, 1.165) is 11.3 Å². The molecule has 0 heterocycles. The fourth-order valence-corrected chi connectivity index (χ4v) is 1.89. The number of aliphatic hydroxyl groups is 1. The van der Waals surface area contributed by atoms with E-state index in [4.69, 9.17) is 4.74 Å². The van der Waals surface area contributed by atoms with Gasteiger partial charge in [-0.25, -0.2) is 0 Å². The molecule has 0 fully saturated rings. The van der Waals surface area contributed by atoms with Gasteiger partial charge in [0.05, 0.1) is 19.3 Å². The van der Waals surface area contributed by atoms with Crippen LogP contribution in [0.25, 0.3) is 0 Å². The summed E-state index contributed by atoms with van der Waals surface area (Å²) in [5, 5.41) is 15.3. The number of hydrogen-bond acceptors (Lipinski definition) is 4. The molecule has 2 unspecified atom stereocenters. The fraction of sp³-hybridized carbons (Fsp3) is 0.500. The minimum atomic E-state index is -0.107. The number of methoxy groups -OCH3 is 1. The molecule has 2 atom stereocenters. The second-order valence-electron chi connectivity index (χ2n) is 4.53. The highest BCUT2D eigenvalue weighted by atomic mass is 16.5. The van der Waals surface area contributed by atoms with Crippen LogP contribution in [-0.4, -0.2) is 37.4 Å². The molecule has 0 aliphatic carbocycles. The Labute approximate surface area is 114 Å². The van der Waals surface area contributed by atoms with Gasteiger partial charge < -0.3 is 20.5 Å².